The summed E-state index contributed by atoms with van der Waals surface area (Å²) >= 11 is 5.26. The molecule has 0 heterocycles. The number of hydrogen-bond donors (Lipinski definition) is 2. The summed E-state index contributed by atoms with van der Waals surface area (Å²) in [6.45, 7) is 2.34. The molecular weight excluding hydrogens is 228 g/mol. The maximum Gasteiger partial charge on any atom is 0.166 e. The Bertz CT molecular complexity index is 291. The minimum absolute atomic E-state index is 0.538. The van der Waals surface area contributed by atoms with Gasteiger partial charge >= 0.3 is 0 Å². The second kappa shape index (κ2) is 4.11. The SMILES string of the molecule is CNC(=S)N[C@H](C)C12CC3CC(CC(C3)C1)C2. The molecule has 0 aromatic heterocycles. The first kappa shape index (κ1) is 11.8. The summed E-state index contributed by atoms with van der Waals surface area (Å²) in [6, 6.07) is 0.538. The van der Waals surface area contributed by atoms with E-state index in [1.165, 1.54) is 38.5 Å². The largest absolute Gasteiger partial charge is 0.366 e. The highest BCUT2D eigenvalue weighted by Gasteiger charge is 2.53. The third-order valence-corrected chi connectivity index (χ3v) is 5.90. The summed E-state index contributed by atoms with van der Waals surface area (Å²) in [6.07, 6.45) is 8.88. The lowest BCUT2D eigenvalue weighted by molar-refractivity contribution is -0.0672. The van der Waals surface area contributed by atoms with E-state index in [9.17, 15) is 0 Å². The van der Waals surface area contributed by atoms with Crippen molar-refractivity contribution in [1.29, 1.82) is 0 Å². The molecule has 4 fully saturated rings. The van der Waals surface area contributed by atoms with E-state index in [1.54, 1.807) is 0 Å². The van der Waals surface area contributed by atoms with E-state index in [1.807, 2.05) is 7.05 Å². The van der Waals surface area contributed by atoms with Crippen molar-refractivity contribution >= 4 is 17.3 Å². The van der Waals surface area contributed by atoms with Crippen LogP contribution in [0.25, 0.3) is 0 Å². The zero-order valence-electron chi connectivity index (χ0n) is 11.0. The monoisotopic (exact) mass is 252 g/mol. The Hall–Kier alpha value is -0.310. The molecule has 0 aromatic rings. The van der Waals surface area contributed by atoms with Crippen molar-refractivity contribution < 1.29 is 0 Å². The van der Waals surface area contributed by atoms with Crippen molar-refractivity contribution in [2.24, 2.45) is 23.2 Å². The Labute approximate surface area is 110 Å². The molecule has 0 radical (unpaired) electrons. The molecule has 4 bridgehead atoms. The molecule has 4 aliphatic carbocycles. The third kappa shape index (κ3) is 1.96. The van der Waals surface area contributed by atoms with E-state index >= 15 is 0 Å². The van der Waals surface area contributed by atoms with Gasteiger partial charge in [0.15, 0.2) is 5.11 Å². The highest BCUT2D eigenvalue weighted by atomic mass is 32.1. The summed E-state index contributed by atoms with van der Waals surface area (Å²) in [5.74, 6) is 3.07. The smallest absolute Gasteiger partial charge is 0.166 e. The Morgan fingerprint density at radius 3 is 2.00 bits per heavy atom. The fraction of sp³-hybridized carbons (Fsp3) is 0.929. The molecular formula is C14H24N2S. The third-order valence-electron chi connectivity index (χ3n) is 5.58. The molecule has 4 aliphatic rings. The Kier molecular flexibility index (Phi) is 2.85. The molecule has 0 spiro atoms. The van der Waals surface area contributed by atoms with Crippen LogP contribution in [0.5, 0.6) is 0 Å². The summed E-state index contributed by atoms with van der Waals surface area (Å²) in [5.41, 5.74) is 0.551. The van der Waals surface area contributed by atoms with Gasteiger partial charge in [-0.05, 0) is 80.8 Å². The first-order valence-corrected chi connectivity index (χ1v) is 7.50. The van der Waals surface area contributed by atoms with Crippen LogP contribution in [0.15, 0.2) is 0 Å². The van der Waals surface area contributed by atoms with E-state index in [4.69, 9.17) is 12.2 Å². The Morgan fingerprint density at radius 2 is 1.59 bits per heavy atom. The predicted molar refractivity (Wildman–Crippen MR) is 74.9 cm³/mol. The van der Waals surface area contributed by atoms with Crippen molar-refractivity contribution in [3.8, 4) is 0 Å². The molecule has 0 saturated heterocycles. The van der Waals surface area contributed by atoms with Gasteiger partial charge in [0.05, 0.1) is 0 Å². The molecule has 4 saturated carbocycles. The molecule has 96 valence electrons. The van der Waals surface area contributed by atoms with Crippen LogP contribution in [0.1, 0.15) is 45.4 Å². The molecule has 2 N–H and O–H groups in total. The lowest BCUT2D eigenvalue weighted by Gasteiger charge is -2.59. The molecule has 1 atom stereocenters. The van der Waals surface area contributed by atoms with Crippen molar-refractivity contribution in [2.75, 3.05) is 7.05 Å². The maximum atomic E-state index is 5.26. The van der Waals surface area contributed by atoms with Crippen LogP contribution in [0.3, 0.4) is 0 Å². The van der Waals surface area contributed by atoms with Crippen LogP contribution in [-0.4, -0.2) is 18.2 Å². The van der Waals surface area contributed by atoms with Gasteiger partial charge in [-0.3, -0.25) is 0 Å². The number of rotatable bonds is 2. The van der Waals surface area contributed by atoms with Crippen LogP contribution in [-0.2, 0) is 0 Å². The highest BCUT2D eigenvalue weighted by molar-refractivity contribution is 7.80. The van der Waals surface area contributed by atoms with Crippen LogP contribution in [0.4, 0.5) is 0 Å². The minimum atomic E-state index is 0.538. The molecule has 3 heteroatoms. The zero-order chi connectivity index (χ0) is 12.0. The summed E-state index contributed by atoms with van der Waals surface area (Å²) in [5, 5.41) is 7.37. The molecule has 0 aliphatic heterocycles. The lowest BCUT2D eigenvalue weighted by Crippen LogP contribution is -2.56. The van der Waals surface area contributed by atoms with Crippen LogP contribution < -0.4 is 10.6 Å². The second-order valence-electron chi connectivity index (χ2n) is 6.73. The first-order chi connectivity index (χ1) is 8.11. The average Bonchev–Trinajstić information content (AvgIpc) is 2.26. The molecule has 4 rings (SSSR count). The van der Waals surface area contributed by atoms with Gasteiger partial charge in [0.25, 0.3) is 0 Å². The Morgan fingerprint density at radius 1 is 1.12 bits per heavy atom. The van der Waals surface area contributed by atoms with Gasteiger partial charge in [0.1, 0.15) is 0 Å². The molecule has 0 unspecified atom stereocenters. The van der Waals surface area contributed by atoms with Gasteiger partial charge < -0.3 is 10.6 Å². The molecule has 17 heavy (non-hydrogen) atoms. The Balaban J connectivity index is 1.75. The van der Waals surface area contributed by atoms with Crippen molar-refractivity contribution in [3.05, 3.63) is 0 Å². The lowest BCUT2D eigenvalue weighted by atomic mass is 9.48. The van der Waals surface area contributed by atoms with Crippen molar-refractivity contribution in [3.63, 3.8) is 0 Å². The van der Waals surface area contributed by atoms with Gasteiger partial charge in [-0.15, -0.1) is 0 Å². The fourth-order valence-corrected chi connectivity index (χ4v) is 5.31. The molecule has 0 aromatic carbocycles. The van der Waals surface area contributed by atoms with Gasteiger partial charge in [-0.1, -0.05) is 0 Å². The normalized spacial score (nSPS) is 44.5. The zero-order valence-corrected chi connectivity index (χ0v) is 11.8. The minimum Gasteiger partial charge on any atom is -0.366 e. The standard InChI is InChI=1S/C14H24N2S/c1-9(16-13(17)15-2)14-6-10-3-11(7-14)5-12(4-10)8-14/h9-12H,3-8H2,1-2H3,(H2,15,16,17)/t9-,10?,11?,12?,14?/m1/s1. The number of hydrogen-bond acceptors (Lipinski definition) is 1. The number of thiocarbonyl (C=S) groups is 1. The quantitative estimate of drug-likeness (QED) is 0.739. The average molecular weight is 252 g/mol. The highest BCUT2D eigenvalue weighted by Crippen LogP contribution is 2.61. The van der Waals surface area contributed by atoms with Gasteiger partial charge in [0, 0.05) is 13.1 Å². The summed E-state index contributed by atoms with van der Waals surface area (Å²) in [4.78, 5) is 0. The van der Waals surface area contributed by atoms with Crippen LogP contribution >= 0.6 is 12.2 Å². The predicted octanol–water partition coefficient (Wildman–Crippen LogP) is 2.69. The topological polar surface area (TPSA) is 24.1 Å². The summed E-state index contributed by atoms with van der Waals surface area (Å²) in [7, 11) is 1.90. The first-order valence-electron chi connectivity index (χ1n) is 7.09. The van der Waals surface area contributed by atoms with Crippen LogP contribution in [0, 0.1) is 23.2 Å². The fourth-order valence-electron chi connectivity index (χ4n) is 5.13. The van der Waals surface area contributed by atoms with Crippen molar-refractivity contribution in [1.82, 2.24) is 10.6 Å². The molecule has 2 nitrogen and oxygen atoms in total. The maximum absolute atomic E-state index is 5.26. The second-order valence-corrected chi connectivity index (χ2v) is 7.13. The van der Waals surface area contributed by atoms with E-state index in [-0.39, 0.29) is 0 Å². The van der Waals surface area contributed by atoms with E-state index in [0.717, 1.165) is 22.9 Å². The van der Waals surface area contributed by atoms with Crippen molar-refractivity contribution in [2.45, 2.75) is 51.5 Å². The van der Waals surface area contributed by atoms with E-state index in [0.29, 0.717) is 11.5 Å². The summed E-state index contributed by atoms with van der Waals surface area (Å²) < 4.78 is 0. The van der Waals surface area contributed by atoms with E-state index in [2.05, 4.69) is 17.6 Å². The molecule has 0 amide bonds. The van der Waals surface area contributed by atoms with Gasteiger partial charge in [0.2, 0.25) is 0 Å². The van der Waals surface area contributed by atoms with Crippen LogP contribution in [0.2, 0.25) is 0 Å². The van der Waals surface area contributed by atoms with Gasteiger partial charge in [-0.25, -0.2) is 0 Å². The van der Waals surface area contributed by atoms with Gasteiger partial charge in [-0.2, -0.15) is 0 Å². The number of nitrogens with one attached hydrogen (secondary N) is 2. The van der Waals surface area contributed by atoms with E-state index < -0.39 is 0 Å².